The van der Waals surface area contributed by atoms with Gasteiger partial charge in [-0.05, 0) is 18.1 Å². The van der Waals surface area contributed by atoms with Gasteiger partial charge in [0.2, 0.25) is 16.9 Å². The van der Waals surface area contributed by atoms with E-state index in [9.17, 15) is 9.59 Å². The van der Waals surface area contributed by atoms with Gasteiger partial charge in [0.05, 0.1) is 12.8 Å². The number of benzene rings is 1. The van der Waals surface area contributed by atoms with Crippen LogP contribution in [0.3, 0.4) is 0 Å². The van der Waals surface area contributed by atoms with Crippen molar-refractivity contribution in [1.29, 1.82) is 0 Å². The zero-order chi connectivity index (χ0) is 16.1. The number of nitrogens with one attached hydrogen (secondary N) is 1. The summed E-state index contributed by atoms with van der Waals surface area (Å²) in [7, 11) is 3.45. The summed E-state index contributed by atoms with van der Waals surface area (Å²) in [5.41, 5.74) is 1.76. The topological polar surface area (TPSA) is 75.2 Å². The van der Waals surface area contributed by atoms with Crippen molar-refractivity contribution < 1.29 is 9.59 Å². The fraction of sp³-hybridized carbons (Fsp3) is 0.333. The van der Waals surface area contributed by atoms with Gasteiger partial charge in [-0.3, -0.25) is 9.59 Å². The maximum atomic E-state index is 12.0. The van der Waals surface area contributed by atoms with Crippen molar-refractivity contribution in [2.24, 2.45) is 0 Å². The number of aryl methyl sites for hydroxylation is 1. The van der Waals surface area contributed by atoms with Gasteiger partial charge >= 0.3 is 0 Å². The van der Waals surface area contributed by atoms with E-state index in [0.717, 1.165) is 16.1 Å². The Kier molecular flexibility index (Phi) is 5.21. The molecule has 116 valence electrons. The molecule has 1 N–H and O–H groups in total. The first-order valence-electron chi connectivity index (χ1n) is 6.82. The van der Waals surface area contributed by atoms with Crippen molar-refractivity contribution in [1.82, 2.24) is 15.1 Å². The van der Waals surface area contributed by atoms with E-state index >= 15 is 0 Å². The minimum atomic E-state index is -0.146. The minimum absolute atomic E-state index is 0.0333. The number of hydrogen-bond acceptors (Lipinski definition) is 5. The van der Waals surface area contributed by atoms with Gasteiger partial charge in [-0.2, -0.15) is 0 Å². The number of likely N-dealkylation sites (N-methyl/N-ethyl adjacent to an activating group) is 1. The molecule has 7 heteroatoms. The molecular formula is C15H18N4O2S. The third kappa shape index (κ3) is 4.63. The molecule has 0 saturated carbocycles. The van der Waals surface area contributed by atoms with Crippen LogP contribution in [0.4, 0.5) is 5.13 Å². The molecule has 0 radical (unpaired) electrons. The van der Waals surface area contributed by atoms with Crippen molar-refractivity contribution >= 4 is 28.3 Å². The predicted octanol–water partition coefficient (Wildman–Crippen LogP) is 1.66. The van der Waals surface area contributed by atoms with E-state index in [2.05, 4.69) is 15.5 Å². The molecule has 0 atom stereocenters. The van der Waals surface area contributed by atoms with Gasteiger partial charge in [0.25, 0.3) is 0 Å². The van der Waals surface area contributed by atoms with Crippen molar-refractivity contribution in [2.45, 2.75) is 19.8 Å². The van der Waals surface area contributed by atoms with Gasteiger partial charge in [0.15, 0.2) is 0 Å². The second-order valence-corrected chi connectivity index (χ2v) is 6.32. The van der Waals surface area contributed by atoms with Crippen LogP contribution in [0.15, 0.2) is 24.3 Å². The van der Waals surface area contributed by atoms with E-state index in [-0.39, 0.29) is 18.2 Å². The molecule has 2 rings (SSSR count). The van der Waals surface area contributed by atoms with Gasteiger partial charge < -0.3 is 10.2 Å². The molecule has 0 unspecified atom stereocenters. The largest absolute Gasteiger partial charge is 0.349 e. The highest BCUT2D eigenvalue weighted by atomic mass is 32.1. The predicted molar refractivity (Wildman–Crippen MR) is 85.8 cm³/mol. The van der Waals surface area contributed by atoms with Crippen molar-refractivity contribution in [3.63, 3.8) is 0 Å². The van der Waals surface area contributed by atoms with Crippen LogP contribution < -0.4 is 5.32 Å². The van der Waals surface area contributed by atoms with Gasteiger partial charge in [-0.25, -0.2) is 0 Å². The molecule has 2 amide bonds. The van der Waals surface area contributed by atoms with Crippen LogP contribution >= 0.6 is 11.3 Å². The molecule has 22 heavy (non-hydrogen) atoms. The fourth-order valence-corrected chi connectivity index (χ4v) is 2.49. The van der Waals surface area contributed by atoms with Gasteiger partial charge in [0, 0.05) is 14.1 Å². The second kappa shape index (κ2) is 7.13. The number of amides is 2. The zero-order valence-corrected chi connectivity index (χ0v) is 13.6. The molecule has 0 aliphatic carbocycles. The summed E-state index contributed by atoms with van der Waals surface area (Å²) in [6, 6.07) is 7.49. The Bertz CT molecular complexity index is 682. The van der Waals surface area contributed by atoms with Crippen molar-refractivity contribution in [3.05, 3.63) is 40.4 Å². The monoisotopic (exact) mass is 318 g/mol. The summed E-state index contributed by atoms with van der Waals surface area (Å²) < 4.78 is 0. The van der Waals surface area contributed by atoms with E-state index < -0.39 is 0 Å². The molecule has 1 heterocycles. The number of aromatic nitrogens is 2. The van der Waals surface area contributed by atoms with Crippen LogP contribution in [0.5, 0.6) is 0 Å². The molecule has 0 saturated heterocycles. The lowest BCUT2D eigenvalue weighted by Crippen LogP contribution is -2.23. The van der Waals surface area contributed by atoms with Gasteiger partial charge in [-0.1, -0.05) is 35.6 Å². The maximum absolute atomic E-state index is 12.0. The highest BCUT2D eigenvalue weighted by Crippen LogP contribution is 2.14. The Morgan fingerprint density at radius 3 is 2.45 bits per heavy atom. The van der Waals surface area contributed by atoms with Crippen molar-refractivity contribution in [3.8, 4) is 0 Å². The van der Waals surface area contributed by atoms with Crippen LogP contribution in [-0.2, 0) is 22.4 Å². The Labute approximate surface area is 133 Å². The third-order valence-electron chi connectivity index (χ3n) is 2.98. The van der Waals surface area contributed by atoms with E-state index in [1.165, 1.54) is 11.3 Å². The van der Waals surface area contributed by atoms with E-state index in [1.54, 1.807) is 19.0 Å². The number of nitrogens with zero attached hydrogens (tertiary/aromatic N) is 3. The van der Waals surface area contributed by atoms with Crippen molar-refractivity contribution in [2.75, 3.05) is 19.4 Å². The lowest BCUT2D eigenvalue weighted by molar-refractivity contribution is -0.128. The van der Waals surface area contributed by atoms with Crippen LogP contribution in [-0.4, -0.2) is 41.0 Å². The third-order valence-corrected chi connectivity index (χ3v) is 3.74. The van der Waals surface area contributed by atoms with Crippen LogP contribution in [0.25, 0.3) is 0 Å². The first-order valence-corrected chi connectivity index (χ1v) is 7.63. The Balaban J connectivity index is 1.97. The number of hydrogen-bond donors (Lipinski definition) is 1. The first kappa shape index (κ1) is 16.1. The highest BCUT2D eigenvalue weighted by molar-refractivity contribution is 7.15. The lowest BCUT2D eigenvalue weighted by atomic mass is 10.1. The van der Waals surface area contributed by atoms with E-state index in [1.807, 2.05) is 31.2 Å². The number of carbonyl (C=O) groups is 2. The summed E-state index contributed by atoms with van der Waals surface area (Å²) >= 11 is 1.34. The van der Waals surface area contributed by atoms with E-state index in [0.29, 0.717) is 11.6 Å². The molecule has 0 bridgehead atoms. The van der Waals surface area contributed by atoms with E-state index in [4.69, 9.17) is 0 Å². The highest BCUT2D eigenvalue weighted by Gasteiger charge is 2.10. The summed E-state index contributed by atoms with van der Waals surface area (Å²) in [5, 5.41) is 11.7. The Morgan fingerprint density at radius 2 is 1.86 bits per heavy atom. The summed E-state index contributed by atoms with van der Waals surface area (Å²) in [5.74, 6) is -0.113. The molecule has 6 nitrogen and oxygen atoms in total. The lowest BCUT2D eigenvalue weighted by Gasteiger charge is -2.10. The smallest absolute Gasteiger partial charge is 0.230 e. The SMILES string of the molecule is Cc1nnc(NC(=O)Cc2cccc(CC(=O)N(C)C)c2)s1. The maximum Gasteiger partial charge on any atom is 0.230 e. The second-order valence-electron chi connectivity index (χ2n) is 5.14. The zero-order valence-electron chi connectivity index (χ0n) is 12.8. The standard InChI is InChI=1S/C15H18N4O2S/c1-10-17-18-15(22-10)16-13(20)8-11-5-4-6-12(7-11)9-14(21)19(2)3/h4-7H,8-9H2,1-3H3,(H,16,18,20). The van der Waals surface area contributed by atoms with Crippen LogP contribution in [0, 0.1) is 6.92 Å². The molecule has 0 aliphatic heterocycles. The summed E-state index contributed by atoms with van der Waals surface area (Å²) in [6.07, 6.45) is 0.570. The first-order chi connectivity index (χ1) is 10.4. The van der Waals surface area contributed by atoms with Crippen LogP contribution in [0.1, 0.15) is 16.1 Å². The normalized spacial score (nSPS) is 10.3. The molecule has 0 spiro atoms. The number of anilines is 1. The molecular weight excluding hydrogens is 300 g/mol. The molecule has 0 fully saturated rings. The minimum Gasteiger partial charge on any atom is -0.349 e. The average Bonchev–Trinajstić information content (AvgIpc) is 2.84. The quantitative estimate of drug-likeness (QED) is 0.910. The summed E-state index contributed by atoms with van der Waals surface area (Å²) in [4.78, 5) is 25.3. The Hall–Kier alpha value is -2.28. The molecule has 2 aromatic rings. The molecule has 1 aromatic carbocycles. The average molecular weight is 318 g/mol. The van der Waals surface area contributed by atoms with Crippen LogP contribution in [0.2, 0.25) is 0 Å². The summed E-state index contributed by atoms with van der Waals surface area (Å²) in [6.45, 7) is 1.83. The Morgan fingerprint density at radius 1 is 1.18 bits per heavy atom. The van der Waals surface area contributed by atoms with Gasteiger partial charge in [0.1, 0.15) is 5.01 Å². The number of carbonyl (C=O) groups excluding carboxylic acids is 2. The molecule has 1 aromatic heterocycles. The fourth-order valence-electron chi connectivity index (χ4n) is 1.88. The molecule has 0 aliphatic rings. The van der Waals surface area contributed by atoms with Gasteiger partial charge in [-0.15, -0.1) is 10.2 Å². The number of rotatable bonds is 5.